The van der Waals surface area contributed by atoms with E-state index in [4.69, 9.17) is 9.47 Å². The van der Waals surface area contributed by atoms with Crippen molar-refractivity contribution in [3.63, 3.8) is 0 Å². The summed E-state index contributed by atoms with van der Waals surface area (Å²) in [5.74, 6) is 0.123. The summed E-state index contributed by atoms with van der Waals surface area (Å²) in [6, 6.07) is 13.0. The zero-order valence-corrected chi connectivity index (χ0v) is 21.3. The van der Waals surface area contributed by atoms with E-state index in [0.29, 0.717) is 11.5 Å². The molecular formula is C27H25N3O6S. The van der Waals surface area contributed by atoms with Crippen molar-refractivity contribution in [2.24, 2.45) is 0 Å². The maximum atomic E-state index is 13.7. The van der Waals surface area contributed by atoms with Crippen LogP contribution in [0.4, 0.5) is 0 Å². The second-order valence-electron chi connectivity index (χ2n) is 8.84. The van der Waals surface area contributed by atoms with Gasteiger partial charge < -0.3 is 14.6 Å². The van der Waals surface area contributed by atoms with E-state index in [1.165, 1.54) is 32.5 Å². The van der Waals surface area contributed by atoms with Gasteiger partial charge >= 0.3 is 0 Å². The predicted octanol–water partition coefficient (Wildman–Crippen LogP) is 4.04. The van der Waals surface area contributed by atoms with Gasteiger partial charge in [-0.1, -0.05) is 18.2 Å². The predicted molar refractivity (Wildman–Crippen MR) is 136 cm³/mol. The lowest BCUT2D eigenvalue weighted by atomic mass is 10.1. The third kappa shape index (κ3) is 4.33. The highest BCUT2D eigenvalue weighted by atomic mass is 32.2. The van der Waals surface area contributed by atoms with Crippen LogP contribution in [0.5, 0.6) is 17.4 Å². The first kappa shape index (κ1) is 24.5. The largest absolute Gasteiger partial charge is 0.494 e. The highest BCUT2D eigenvalue weighted by Crippen LogP contribution is 2.42. The number of para-hydroxylation sites is 1. The molecule has 0 spiro atoms. The number of methoxy groups -OCH3 is 2. The Balaban J connectivity index is 1.82. The molecule has 1 aliphatic rings. The number of hydrogen-bond acceptors (Lipinski definition) is 8. The molecule has 2 aromatic carbocycles. The van der Waals surface area contributed by atoms with Crippen molar-refractivity contribution in [2.75, 3.05) is 14.2 Å². The molecule has 1 aliphatic carbocycles. The summed E-state index contributed by atoms with van der Waals surface area (Å²) in [6.07, 6.45) is 5.23. The molecule has 0 bridgehead atoms. The van der Waals surface area contributed by atoms with Crippen molar-refractivity contribution in [1.29, 1.82) is 0 Å². The molecule has 0 unspecified atom stereocenters. The molecule has 1 fully saturated rings. The number of aromatic nitrogens is 3. The molecule has 2 aromatic heterocycles. The Labute approximate surface area is 213 Å². The molecule has 0 saturated heterocycles. The average Bonchev–Trinajstić information content (AvgIpc) is 3.74. The quantitative estimate of drug-likeness (QED) is 0.388. The fourth-order valence-corrected chi connectivity index (χ4v) is 5.66. The van der Waals surface area contributed by atoms with Gasteiger partial charge in [0.2, 0.25) is 15.7 Å². The highest BCUT2D eigenvalue weighted by Gasteiger charge is 2.33. The van der Waals surface area contributed by atoms with Crippen LogP contribution in [0.3, 0.4) is 0 Å². The molecular weight excluding hydrogens is 494 g/mol. The summed E-state index contributed by atoms with van der Waals surface area (Å²) in [6.45, 7) is 1.81. The zero-order chi connectivity index (χ0) is 26.3. The normalized spacial score (nSPS) is 13.4. The van der Waals surface area contributed by atoms with Crippen LogP contribution < -0.4 is 15.0 Å². The van der Waals surface area contributed by atoms with E-state index in [1.54, 1.807) is 42.6 Å². The Hall–Kier alpha value is -4.18. The van der Waals surface area contributed by atoms with Crippen LogP contribution in [0.2, 0.25) is 0 Å². The average molecular weight is 520 g/mol. The van der Waals surface area contributed by atoms with Crippen LogP contribution in [-0.4, -0.2) is 42.3 Å². The number of nitrogens with zero attached hydrogens (tertiary/aromatic N) is 3. The first-order chi connectivity index (χ1) is 17.8. The Morgan fingerprint density at radius 3 is 2.22 bits per heavy atom. The van der Waals surface area contributed by atoms with Crippen LogP contribution in [0.1, 0.15) is 29.9 Å². The van der Waals surface area contributed by atoms with Gasteiger partial charge in [0.1, 0.15) is 17.2 Å². The summed E-state index contributed by atoms with van der Waals surface area (Å²) in [5, 5.41) is 11.5. The van der Waals surface area contributed by atoms with Gasteiger partial charge in [-0.05, 0) is 67.1 Å². The number of ether oxygens (including phenoxy) is 2. The van der Waals surface area contributed by atoms with Gasteiger partial charge in [-0.15, -0.1) is 0 Å². The smallest absolute Gasteiger partial charge is 0.296 e. The van der Waals surface area contributed by atoms with Crippen molar-refractivity contribution < 1.29 is 23.0 Å². The summed E-state index contributed by atoms with van der Waals surface area (Å²) in [4.78, 5) is 20.6. The zero-order valence-electron chi connectivity index (χ0n) is 20.5. The third-order valence-corrected chi connectivity index (χ3v) is 8.08. The number of aromatic hydroxyl groups is 1. The van der Waals surface area contributed by atoms with Gasteiger partial charge in [-0.25, -0.2) is 8.42 Å². The Bertz CT molecular complexity index is 1640. The van der Waals surface area contributed by atoms with Gasteiger partial charge in [-0.2, -0.15) is 4.98 Å². The molecule has 0 aliphatic heterocycles. The van der Waals surface area contributed by atoms with Gasteiger partial charge in [0.15, 0.2) is 10.7 Å². The number of benzene rings is 2. The van der Waals surface area contributed by atoms with Crippen LogP contribution in [-0.2, 0) is 9.84 Å². The van der Waals surface area contributed by atoms with Crippen molar-refractivity contribution in [3.8, 4) is 34.5 Å². The van der Waals surface area contributed by atoms with Gasteiger partial charge in [0, 0.05) is 18.0 Å². The third-order valence-electron chi connectivity index (χ3n) is 6.29. The van der Waals surface area contributed by atoms with Gasteiger partial charge in [0.05, 0.1) is 19.1 Å². The molecule has 2 heterocycles. The summed E-state index contributed by atoms with van der Waals surface area (Å²) in [7, 11) is -1.58. The fraction of sp³-hybridized carbons (Fsp3) is 0.222. The maximum Gasteiger partial charge on any atom is 0.296 e. The van der Waals surface area contributed by atoms with E-state index in [2.05, 4.69) is 9.97 Å². The Morgan fingerprint density at radius 1 is 1.00 bits per heavy atom. The highest BCUT2D eigenvalue weighted by molar-refractivity contribution is 7.91. The lowest BCUT2D eigenvalue weighted by molar-refractivity contribution is 0.378. The minimum atomic E-state index is -4.44. The molecule has 0 radical (unpaired) electrons. The summed E-state index contributed by atoms with van der Waals surface area (Å²) < 4.78 is 39.5. The molecule has 5 rings (SSSR count). The van der Waals surface area contributed by atoms with Gasteiger partial charge in [-0.3, -0.25) is 14.3 Å². The van der Waals surface area contributed by atoms with Crippen LogP contribution in [0, 0.1) is 6.92 Å². The van der Waals surface area contributed by atoms with E-state index in [9.17, 15) is 18.3 Å². The molecule has 0 amide bonds. The standard InChI is InChI=1S/C27H25N3O6S/c1-16-13-19(15-28-14-16)25-29-26(31)24(37(33,34)20-11-9-18(10-12-20)17-7-8-17)27(32)30(25)23-21(35-2)5-4-6-22(23)36-3/h4-6,9-15,17,32H,7-8H2,1-3H3. The molecule has 190 valence electrons. The number of sulfone groups is 1. The van der Waals surface area contributed by atoms with Crippen LogP contribution in [0.25, 0.3) is 17.1 Å². The minimum absolute atomic E-state index is 0.0236. The molecule has 0 atom stereocenters. The van der Waals surface area contributed by atoms with Crippen LogP contribution in [0.15, 0.2) is 75.5 Å². The Morgan fingerprint density at radius 2 is 1.65 bits per heavy atom. The van der Waals surface area contributed by atoms with Crippen molar-refractivity contribution in [3.05, 3.63) is 82.4 Å². The van der Waals surface area contributed by atoms with E-state index in [-0.39, 0.29) is 27.9 Å². The molecule has 9 nitrogen and oxygen atoms in total. The molecule has 37 heavy (non-hydrogen) atoms. The second kappa shape index (κ2) is 9.36. The van der Waals surface area contributed by atoms with Crippen molar-refractivity contribution in [2.45, 2.75) is 35.5 Å². The lowest BCUT2D eigenvalue weighted by Crippen LogP contribution is -2.23. The lowest BCUT2D eigenvalue weighted by Gasteiger charge is -2.21. The fourth-order valence-electron chi connectivity index (χ4n) is 4.32. The van der Waals surface area contributed by atoms with Crippen LogP contribution >= 0.6 is 0 Å². The van der Waals surface area contributed by atoms with E-state index < -0.39 is 26.2 Å². The van der Waals surface area contributed by atoms with E-state index in [1.807, 2.05) is 6.92 Å². The monoisotopic (exact) mass is 519 g/mol. The van der Waals surface area contributed by atoms with E-state index >= 15 is 0 Å². The van der Waals surface area contributed by atoms with Gasteiger partial charge in [0.25, 0.3) is 5.56 Å². The number of rotatable bonds is 7. The van der Waals surface area contributed by atoms with Crippen molar-refractivity contribution in [1.82, 2.24) is 14.5 Å². The first-order valence-corrected chi connectivity index (χ1v) is 13.1. The topological polar surface area (TPSA) is 121 Å². The number of pyridine rings is 1. The Kier molecular flexibility index (Phi) is 6.20. The molecule has 10 heteroatoms. The summed E-state index contributed by atoms with van der Waals surface area (Å²) >= 11 is 0. The molecule has 1 saturated carbocycles. The molecule has 1 N–H and O–H groups in total. The maximum absolute atomic E-state index is 13.7. The number of aryl methyl sites for hydroxylation is 1. The molecule has 4 aromatic rings. The minimum Gasteiger partial charge on any atom is -0.494 e. The SMILES string of the molecule is COc1cccc(OC)c1-n1c(-c2cncc(C)c2)nc(=O)c(S(=O)(=O)c2ccc(C3CC3)cc2)c1O. The first-order valence-electron chi connectivity index (χ1n) is 11.6. The second-order valence-corrected chi connectivity index (χ2v) is 10.7. The van der Waals surface area contributed by atoms with Crippen molar-refractivity contribution >= 4 is 9.84 Å². The number of hydrogen-bond donors (Lipinski definition) is 1. The summed E-state index contributed by atoms with van der Waals surface area (Å²) in [5.41, 5.74) is 1.29. The van der Waals surface area contributed by atoms with E-state index in [0.717, 1.165) is 28.5 Å².